The van der Waals surface area contributed by atoms with Crippen molar-refractivity contribution in [1.29, 1.82) is 0 Å². The molecule has 2 amide bonds. The van der Waals surface area contributed by atoms with Crippen LogP contribution in [0.3, 0.4) is 0 Å². The van der Waals surface area contributed by atoms with Gasteiger partial charge in [0.2, 0.25) is 0 Å². The van der Waals surface area contributed by atoms with Crippen molar-refractivity contribution in [3.05, 3.63) is 35.9 Å². The lowest BCUT2D eigenvalue weighted by Gasteiger charge is -2.40. The first-order valence-electron chi connectivity index (χ1n) is 9.84. The van der Waals surface area contributed by atoms with Crippen LogP contribution in [-0.2, 0) is 20.7 Å². The molecule has 1 fully saturated rings. The lowest BCUT2D eigenvalue weighted by Crippen LogP contribution is -2.52. The van der Waals surface area contributed by atoms with Crippen molar-refractivity contribution in [1.82, 2.24) is 10.2 Å². The summed E-state index contributed by atoms with van der Waals surface area (Å²) in [6, 6.07) is 8.83. The molecule has 2 rings (SSSR count). The van der Waals surface area contributed by atoms with Crippen LogP contribution in [0.2, 0.25) is 0 Å². The van der Waals surface area contributed by atoms with Crippen LogP contribution in [0.5, 0.6) is 0 Å². The number of piperidine rings is 1. The van der Waals surface area contributed by atoms with Gasteiger partial charge in [0.15, 0.2) is 0 Å². The normalized spacial score (nSPS) is 16.8. The summed E-state index contributed by atoms with van der Waals surface area (Å²) >= 11 is 0. The van der Waals surface area contributed by atoms with Crippen LogP contribution in [0.4, 0.5) is 9.59 Å². The van der Waals surface area contributed by atoms with E-state index in [1.807, 2.05) is 44.2 Å². The van der Waals surface area contributed by atoms with E-state index in [1.54, 1.807) is 0 Å². The molecule has 1 aromatic carbocycles. The van der Waals surface area contributed by atoms with E-state index in [4.69, 9.17) is 9.47 Å². The Balaban J connectivity index is 2.13. The lowest BCUT2D eigenvalue weighted by atomic mass is 9.85. The lowest BCUT2D eigenvalue weighted by molar-refractivity contribution is -0.143. The van der Waals surface area contributed by atoms with Gasteiger partial charge in [-0.1, -0.05) is 44.2 Å². The van der Waals surface area contributed by atoms with Crippen molar-refractivity contribution in [2.24, 2.45) is 5.92 Å². The Morgan fingerprint density at radius 1 is 1.17 bits per heavy atom. The van der Waals surface area contributed by atoms with Crippen molar-refractivity contribution in [3.63, 3.8) is 0 Å². The summed E-state index contributed by atoms with van der Waals surface area (Å²) in [6.45, 7) is 4.45. The van der Waals surface area contributed by atoms with Crippen molar-refractivity contribution in [3.8, 4) is 0 Å². The van der Waals surface area contributed by atoms with Gasteiger partial charge in [0, 0.05) is 32.4 Å². The molecular weight excluding hydrogens is 376 g/mol. The Hall–Kier alpha value is -2.77. The largest absolute Gasteiger partial charge is 0.467 e. The summed E-state index contributed by atoms with van der Waals surface area (Å²) in [6.07, 6.45) is -0.00277. The molecule has 8 nitrogen and oxygen atoms in total. The van der Waals surface area contributed by atoms with Crippen LogP contribution in [0.15, 0.2) is 30.3 Å². The number of hydrogen-bond donors (Lipinski definition) is 2. The molecule has 0 bridgehead atoms. The summed E-state index contributed by atoms with van der Waals surface area (Å²) in [5.41, 5.74) is 0.159. The monoisotopic (exact) mass is 406 g/mol. The van der Waals surface area contributed by atoms with Gasteiger partial charge >= 0.3 is 18.2 Å². The van der Waals surface area contributed by atoms with Gasteiger partial charge in [-0.05, 0) is 17.9 Å². The minimum atomic E-state index is -0.981. The quantitative estimate of drug-likeness (QED) is 0.674. The molecule has 1 aliphatic heterocycles. The zero-order chi connectivity index (χ0) is 21.4. The van der Waals surface area contributed by atoms with Crippen LogP contribution in [0, 0.1) is 5.92 Å². The second-order valence-corrected chi connectivity index (χ2v) is 7.85. The molecule has 1 atom stereocenters. The van der Waals surface area contributed by atoms with Gasteiger partial charge in [0.25, 0.3) is 0 Å². The van der Waals surface area contributed by atoms with Crippen molar-refractivity contribution < 1.29 is 29.0 Å². The summed E-state index contributed by atoms with van der Waals surface area (Å²) in [5, 5.41) is 11.9. The third-order valence-corrected chi connectivity index (χ3v) is 5.11. The molecule has 29 heavy (non-hydrogen) atoms. The number of alkyl carbamates (subject to hydrolysis) is 1. The Labute approximate surface area is 171 Å². The highest BCUT2D eigenvalue weighted by atomic mass is 16.6. The van der Waals surface area contributed by atoms with Gasteiger partial charge in [-0.3, -0.25) is 0 Å². The van der Waals surface area contributed by atoms with E-state index < -0.39 is 29.8 Å². The van der Waals surface area contributed by atoms with Crippen molar-refractivity contribution in [2.75, 3.05) is 20.2 Å². The van der Waals surface area contributed by atoms with Crippen LogP contribution in [0.25, 0.3) is 0 Å². The topological polar surface area (TPSA) is 105 Å². The molecule has 1 heterocycles. The van der Waals surface area contributed by atoms with E-state index in [-0.39, 0.29) is 19.0 Å². The number of carboxylic acid groups (broad SMARTS) is 1. The summed E-state index contributed by atoms with van der Waals surface area (Å²) < 4.78 is 10.6. The summed E-state index contributed by atoms with van der Waals surface area (Å²) in [7, 11) is 1.28. The minimum Gasteiger partial charge on any atom is -0.467 e. The number of nitrogens with zero attached hydrogens (tertiary/aromatic N) is 1. The molecule has 0 unspecified atom stereocenters. The molecule has 1 aliphatic rings. The maximum absolute atomic E-state index is 12.7. The van der Waals surface area contributed by atoms with Crippen LogP contribution >= 0.6 is 0 Å². The number of ether oxygens (including phenoxy) is 2. The van der Waals surface area contributed by atoms with Crippen molar-refractivity contribution >= 4 is 18.2 Å². The zero-order valence-electron chi connectivity index (χ0n) is 17.2. The molecular formula is C21H30N2O6. The molecule has 0 saturated carbocycles. The van der Waals surface area contributed by atoms with Gasteiger partial charge in [0.05, 0.1) is 7.11 Å². The Kier molecular flexibility index (Phi) is 7.87. The standard InChI is InChI=1S/C21H30N2O6/c1-15(2)13-17(18(24)28-3)22-19(25)29-21(14-16-7-5-4-6-8-16)9-11-23(12-10-21)20(26)27/h4-8,15,17H,9-14H2,1-3H3,(H,22,25)(H,26,27)/t17-/m0/s1. The van der Waals surface area contributed by atoms with Gasteiger partial charge in [-0.25, -0.2) is 14.4 Å². The number of amides is 2. The predicted octanol–water partition coefficient (Wildman–Crippen LogP) is 3.06. The maximum atomic E-state index is 12.7. The highest BCUT2D eigenvalue weighted by molar-refractivity contribution is 5.81. The van der Waals surface area contributed by atoms with Crippen molar-refractivity contribution in [2.45, 2.75) is 51.2 Å². The van der Waals surface area contributed by atoms with E-state index in [1.165, 1.54) is 12.0 Å². The molecule has 8 heteroatoms. The molecule has 0 radical (unpaired) electrons. The molecule has 2 N–H and O–H groups in total. The molecule has 0 aromatic heterocycles. The third kappa shape index (κ3) is 6.66. The number of rotatable bonds is 7. The summed E-state index contributed by atoms with van der Waals surface area (Å²) in [4.78, 5) is 37.2. The molecule has 0 spiro atoms. The second-order valence-electron chi connectivity index (χ2n) is 7.85. The van der Waals surface area contributed by atoms with Gasteiger partial charge < -0.3 is 24.8 Å². The van der Waals surface area contributed by atoms with Crippen LogP contribution in [0.1, 0.15) is 38.7 Å². The van der Waals surface area contributed by atoms with E-state index in [0.29, 0.717) is 25.7 Å². The van der Waals surface area contributed by atoms with Gasteiger partial charge in [0.1, 0.15) is 11.6 Å². The fourth-order valence-corrected chi connectivity index (χ4v) is 3.58. The number of hydrogen-bond acceptors (Lipinski definition) is 5. The second kappa shape index (κ2) is 10.1. The number of carbonyl (C=O) groups excluding carboxylic acids is 2. The summed E-state index contributed by atoms with van der Waals surface area (Å²) in [5.74, 6) is -0.343. The average Bonchev–Trinajstić information content (AvgIpc) is 2.67. The van der Waals surface area contributed by atoms with E-state index in [0.717, 1.165) is 5.56 Å². The highest BCUT2D eigenvalue weighted by Gasteiger charge is 2.40. The maximum Gasteiger partial charge on any atom is 0.408 e. The molecule has 160 valence electrons. The van der Waals surface area contributed by atoms with Gasteiger partial charge in [-0.2, -0.15) is 0 Å². The average molecular weight is 406 g/mol. The first-order chi connectivity index (χ1) is 13.7. The fraction of sp³-hybridized carbons (Fsp3) is 0.571. The predicted molar refractivity (Wildman–Crippen MR) is 107 cm³/mol. The fourth-order valence-electron chi connectivity index (χ4n) is 3.58. The minimum absolute atomic E-state index is 0.177. The first kappa shape index (κ1) is 22.5. The Bertz CT molecular complexity index is 698. The van der Waals surface area contributed by atoms with Gasteiger partial charge in [-0.15, -0.1) is 0 Å². The number of esters is 1. The van der Waals surface area contributed by atoms with E-state index >= 15 is 0 Å². The highest BCUT2D eigenvalue weighted by Crippen LogP contribution is 2.31. The van der Waals surface area contributed by atoms with E-state index in [2.05, 4.69) is 5.32 Å². The smallest absolute Gasteiger partial charge is 0.408 e. The number of benzene rings is 1. The van der Waals surface area contributed by atoms with E-state index in [9.17, 15) is 19.5 Å². The Morgan fingerprint density at radius 2 is 1.79 bits per heavy atom. The molecule has 1 aromatic rings. The number of likely N-dealkylation sites (tertiary alicyclic amines) is 1. The van der Waals surface area contributed by atoms with Crippen LogP contribution < -0.4 is 5.32 Å². The Morgan fingerprint density at radius 3 is 2.31 bits per heavy atom. The molecule has 0 aliphatic carbocycles. The number of carbonyl (C=O) groups is 3. The first-order valence-corrected chi connectivity index (χ1v) is 9.84. The number of nitrogens with one attached hydrogen (secondary N) is 1. The zero-order valence-corrected chi connectivity index (χ0v) is 17.2. The SMILES string of the molecule is COC(=O)[C@H](CC(C)C)NC(=O)OC1(Cc2ccccc2)CCN(C(=O)O)CC1. The third-order valence-electron chi connectivity index (χ3n) is 5.11. The molecule has 1 saturated heterocycles. The number of methoxy groups -OCH3 is 1. The van der Waals surface area contributed by atoms with Crippen LogP contribution in [-0.4, -0.2) is 60.0 Å².